The first-order valence-electron chi connectivity index (χ1n) is 7.39. The van der Waals surface area contributed by atoms with Gasteiger partial charge in [0.05, 0.1) is 16.1 Å². The van der Waals surface area contributed by atoms with Crippen LogP contribution in [0.5, 0.6) is 0 Å². The largest absolute Gasteiger partial charge is 0.323 e. The highest BCUT2D eigenvalue weighted by Gasteiger charge is 2.13. The average molecular weight is 414 g/mol. The fourth-order valence-corrected chi connectivity index (χ4v) is 4.10. The van der Waals surface area contributed by atoms with Crippen LogP contribution in [0.1, 0.15) is 11.8 Å². The van der Waals surface area contributed by atoms with Crippen molar-refractivity contribution < 1.29 is 4.79 Å². The van der Waals surface area contributed by atoms with Crippen LogP contribution in [0.3, 0.4) is 0 Å². The lowest BCUT2D eigenvalue weighted by Crippen LogP contribution is -2.28. The normalized spacial score (nSPS) is 11.0. The van der Waals surface area contributed by atoms with Crippen molar-refractivity contribution in [3.63, 3.8) is 0 Å². The Hall–Kier alpha value is -1.67. The molecule has 2 aromatic heterocycles. The van der Waals surface area contributed by atoms with E-state index in [2.05, 4.69) is 10.3 Å². The van der Waals surface area contributed by atoms with Gasteiger partial charge in [-0.15, -0.1) is 11.3 Å². The maximum atomic E-state index is 12.6. The molecule has 0 aliphatic carbocycles. The smallest absolute Gasteiger partial charge is 0.263 e. The number of aryl methyl sites for hydroxylation is 1. The first kappa shape index (κ1) is 18.1. The predicted octanol–water partition coefficient (Wildman–Crippen LogP) is 4.63. The van der Waals surface area contributed by atoms with E-state index in [1.807, 2.05) is 13.0 Å². The Kier molecular flexibility index (Phi) is 5.29. The van der Waals surface area contributed by atoms with Crippen LogP contribution < -0.4 is 10.9 Å². The number of hydrogen-bond acceptors (Lipinski definition) is 4. The second kappa shape index (κ2) is 7.29. The zero-order valence-electron chi connectivity index (χ0n) is 13.1. The molecule has 9 heteroatoms. The van der Waals surface area contributed by atoms with Gasteiger partial charge in [-0.3, -0.25) is 14.2 Å². The monoisotopic (exact) mass is 413 g/mol. The summed E-state index contributed by atoms with van der Waals surface area (Å²) in [6.45, 7) is 1.81. The first-order valence-corrected chi connectivity index (χ1v) is 9.37. The molecule has 0 saturated heterocycles. The molecule has 25 heavy (non-hydrogen) atoms. The van der Waals surface area contributed by atoms with E-state index in [9.17, 15) is 9.59 Å². The zero-order valence-corrected chi connectivity index (χ0v) is 16.2. The number of aromatic nitrogens is 2. The molecule has 3 aromatic rings. The van der Waals surface area contributed by atoms with Crippen molar-refractivity contribution in [3.8, 4) is 0 Å². The lowest BCUT2D eigenvalue weighted by molar-refractivity contribution is -0.116. The Morgan fingerprint density at radius 3 is 2.80 bits per heavy atom. The van der Waals surface area contributed by atoms with Crippen molar-refractivity contribution in [1.29, 1.82) is 0 Å². The molecule has 0 bridgehead atoms. The van der Waals surface area contributed by atoms with Crippen molar-refractivity contribution in [2.24, 2.45) is 0 Å². The van der Waals surface area contributed by atoms with Crippen molar-refractivity contribution in [2.45, 2.75) is 19.9 Å². The Morgan fingerprint density at radius 1 is 1.36 bits per heavy atom. The molecule has 1 amide bonds. The summed E-state index contributed by atoms with van der Waals surface area (Å²) in [6.07, 6.45) is 0.828. The number of halogens is 2. The number of thiophene rings is 1. The SMILES string of the molecule is CCc1cc2c(=O)n(CC(=O)Nc3ccc(Cl)cc3Cl)c(=S)[nH]c2s1. The summed E-state index contributed by atoms with van der Waals surface area (Å²) < 4.78 is 1.45. The maximum absolute atomic E-state index is 12.6. The van der Waals surface area contributed by atoms with Gasteiger partial charge in [0.1, 0.15) is 11.4 Å². The molecule has 0 spiro atoms. The van der Waals surface area contributed by atoms with E-state index < -0.39 is 5.91 Å². The van der Waals surface area contributed by atoms with E-state index in [1.165, 1.54) is 22.0 Å². The Bertz CT molecular complexity index is 1090. The maximum Gasteiger partial charge on any atom is 0.263 e. The molecular weight excluding hydrogens is 401 g/mol. The molecule has 0 aliphatic heterocycles. The van der Waals surface area contributed by atoms with Crippen LogP contribution in [-0.2, 0) is 17.8 Å². The molecule has 0 atom stereocenters. The number of amides is 1. The molecule has 1 aromatic carbocycles. The van der Waals surface area contributed by atoms with Gasteiger partial charge in [0, 0.05) is 9.90 Å². The third-order valence-electron chi connectivity index (χ3n) is 3.58. The molecule has 130 valence electrons. The summed E-state index contributed by atoms with van der Waals surface area (Å²) in [7, 11) is 0. The quantitative estimate of drug-likeness (QED) is 0.612. The van der Waals surface area contributed by atoms with Crippen LogP contribution in [0.4, 0.5) is 5.69 Å². The van der Waals surface area contributed by atoms with Crippen molar-refractivity contribution in [1.82, 2.24) is 9.55 Å². The molecular formula is C16H13Cl2N3O2S2. The third-order valence-corrected chi connectivity index (χ3v) is 5.64. The number of hydrogen-bond donors (Lipinski definition) is 2. The van der Waals surface area contributed by atoms with Crippen LogP contribution >= 0.6 is 46.8 Å². The molecule has 0 fully saturated rings. The van der Waals surface area contributed by atoms with Gasteiger partial charge < -0.3 is 10.3 Å². The molecule has 0 unspecified atom stereocenters. The van der Waals surface area contributed by atoms with Crippen LogP contribution in [0.2, 0.25) is 10.0 Å². The van der Waals surface area contributed by atoms with Gasteiger partial charge in [0.25, 0.3) is 5.56 Å². The third kappa shape index (κ3) is 3.79. The number of H-pyrrole nitrogens is 1. The highest BCUT2D eigenvalue weighted by molar-refractivity contribution is 7.71. The predicted molar refractivity (Wildman–Crippen MR) is 106 cm³/mol. The van der Waals surface area contributed by atoms with E-state index in [4.69, 9.17) is 35.4 Å². The van der Waals surface area contributed by atoms with E-state index in [1.54, 1.807) is 12.1 Å². The van der Waals surface area contributed by atoms with E-state index in [0.29, 0.717) is 21.1 Å². The highest BCUT2D eigenvalue weighted by atomic mass is 35.5. The number of nitrogens with zero attached hydrogens (tertiary/aromatic N) is 1. The minimum atomic E-state index is -0.406. The summed E-state index contributed by atoms with van der Waals surface area (Å²) in [5.41, 5.74) is 0.135. The number of nitrogens with one attached hydrogen (secondary N) is 2. The molecule has 5 nitrogen and oxygen atoms in total. The van der Waals surface area contributed by atoms with Gasteiger partial charge in [-0.1, -0.05) is 30.1 Å². The Labute approximate surface area is 162 Å². The van der Waals surface area contributed by atoms with E-state index in [-0.39, 0.29) is 16.9 Å². The number of carbonyl (C=O) groups is 1. The minimum Gasteiger partial charge on any atom is -0.323 e. The minimum absolute atomic E-state index is 0.208. The summed E-state index contributed by atoms with van der Waals surface area (Å²) >= 11 is 18.6. The zero-order chi connectivity index (χ0) is 18.1. The van der Waals surface area contributed by atoms with Gasteiger partial charge in [-0.25, -0.2) is 0 Å². The Balaban J connectivity index is 1.90. The molecule has 2 heterocycles. The molecule has 3 rings (SSSR count). The molecule has 0 radical (unpaired) electrons. The van der Waals surface area contributed by atoms with Crippen molar-refractivity contribution >= 4 is 68.6 Å². The number of fused-ring (bicyclic) bond motifs is 1. The summed E-state index contributed by atoms with van der Waals surface area (Å²) in [5.74, 6) is -0.406. The molecule has 2 N–H and O–H groups in total. The van der Waals surface area contributed by atoms with Crippen LogP contribution in [0.25, 0.3) is 10.2 Å². The lowest BCUT2D eigenvalue weighted by atomic mass is 10.3. The average Bonchev–Trinajstić information content (AvgIpc) is 2.97. The molecule has 0 aliphatic rings. The first-order chi connectivity index (χ1) is 11.9. The number of anilines is 1. The van der Waals surface area contributed by atoms with Crippen LogP contribution in [-0.4, -0.2) is 15.5 Å². The van der Waals surface area contributed by atoms with E-state index in [0.717, 1.165) is 16.1 Å². The lowest BCUT2D eigenvalue weighted by Gasteiger charge is -2.09. The standard InChI is InChI=1S/C16H13Cl2N3O2S2/c1-2-9-6-10-14(25-9)20-16(24)21(15(10)23)7-13(22)19-12-4-3-8(17)5-11(12)18/h3-6H,2,7H2,1H3,(H,19,22)(H,20,24). The van der Waals surface area contributed by atoms with Gasteiger partial charge in [0.15, 0.2) is 4.77 Å². The molecule has 0 saturated carbocycles. The number of benzene rings is 1. The highest BCUT2D eigenvalue weighted by Crippen LogP contribution is 2.25. The summed E-state index contributed by atoms with van der Waals surface area (Å²) in [4.78, 5) is 29.8. The van der Waals surface area contributed by atoms with Gasteiger partial charge in [-0.2, -0.15) is 0 Å². The van der Waals surface area contributed by atoms with Crippen LogP contribution in [0.15, 0.2) is 29.1 Å². The topological polar surface area (TPSA) is 66.9 Å². The van der Waals surface area contributed by atoms with Gasteiger partial charge in [0.2, 0.25) is 5.91 Å². The van der Waals surface area contributed by atoms with Crippen molar-refractivity contribution in [3.05, 3.63) is 54.3 Å². The summed E-state index contributed by atoms with van der Waals surface area (Å²) in [5, 5.41) is 3.98. The number of aromatic amines is 1. The fourth-order valence-electron chi connectivity index (χ4n) is 2.34. The summed E-state index contributed by atoms with van der Waals surface area (Å²) in [6, 6.07) is 6.58. The van der Waals surface area contributed by atoms with Crippen molar-refractivity contribution in [2.75, 3.05) is 5.32 Å². The Morgan fingerprint density at radius 2 is 2.12 bits per heavy atom. The van der Waals surface area contributed by atoms with E-state index >= 15 is 0 Å². The second-order valence-corrected chi connectivity index (χ2v) is 7.67. The van der Waals surface area contributed by atoms with Gasteiger partial charge >= 0.3 is 0 Å². The number of rotatable bonds is 4. The fraction of sp³-hybridized carbons (Fsp3) is 0.188. The second-order valence-electron chi connectivity index (χ2n) is 5.30. The van der Waals surface area contributed by atoms with Crippen LogP contribution in [0, 0.1) is 4.77 Å². The van der Waals surface area contributed by atoms with Gasteiger partial charge in [-0.05, 0) is 42.9 Å². The number of carbonyl (C=O) groups excluding carboxylic acids is 1.